The molecule has 0 unspecified atom stereocenters. The third kappa shape index (κ3) is 2.85. The van der Waals surface area contributed by atoms with Gasteiger partial charge < -0.3 is 0 Å². The van der Waals surface area contributed by atoms with E-state index in [4.69, 9.17) is 0 Å². The molecule has 0 saturated heterocycles. The Labute approximate surface area is 121 Å². The maximum atomic E-state index is 4.29. The molecule has 2 heterocycles. The van der Waals surface area contributed by atoms with Crippen molar-refractivity contribution in [3.63, 3.8) is 0 Å². The highest BCUT2D eigenvalue weighted by molar-refractivity contribution is 7.98. The first-order valence-corrected chi connectivity index (χ1v) is 7.19. The minimum absolute atomic E-state index is 0.743. The SMILES string of the molecule is Cc1ccc(-n2nnnc2SCc2ccccn2)cc1. The number of thioether (sulfide) groups is 1. The van der Waals surface area contributed by atoms with Gasteiger partial charge >= 0.3 is 0 Å². The average molecular weight is 283 g/mol. The van der Waals surface area contributed by atoms with E-state index < -0.39 is 0 Å². The number of benzene rings is 1. The highest BCUT2D eigenvalue weighted by Crippen LogP contribution is 2.21. The molecule has 0 aliphatic rings. The van der Waals surface area contributed by atoms with Crippen molar-refractivity contribution in [2.75, 3.05) is 0 Å². The fourth-order valence-corrected chi connectivity index (χ4v) is 2.55. The third-order valence-corrected chi connectivity index (χ3v) is 3.75. The molecule has 0 atom stereocenters. The van der Waals surface area contributed by atoms with E-state index in [1.165, 1.54) is 5.56 Å². The molecule has 5 nitrogen and oxygen atoms in total. The molecule has 0 N–H and O–H groups in total. The zero-order valence-electron chi connectivity index (χ0n) is 11.0. The summed E-state index contributed by atoms with van der Waals surface area (Å²) in [5.41, 5.74) is 3.18. The van der Waals surface area contributed by atoms with Gasteiger partial charge in [0.25, 0.3) is 0 Å². The lowest BCUT2D eigenvalue weighted by Gasteiger charge is -2.04. The summed E-state index contributed by atoms with van der Waals surface area (Å²) in [6.07, 6.45) is 1.79. The monoisotopic (exact) mass is 283 g/mol. The molecule has 1 aromatic carbocycles. The topological polar surface area (TPSA) is 56.5 Å². The van der Waals surface area contributed by atoms with Crippen molar-refractivity contribution in [2.24, 2.45) is 0 Å². The zero-order valence-corrected chi connectivity index (χ0v) is 11.8. The van der Waals surface area contributed by atoms with Gasteiger partial charge in [0, 0.05) is 11.9 Å². The Hall–Kier alpha value is -2.21. The quantitative estimate of drug-likeness (QED) is 0.689. The molecule has 6 heteroatoms. The molecule has 2 aromatic heterocycles. The minimum atomic E-state index is 0.743. The van der Waals surface area contributed by atoms with Crippen LogP contribution in [0, 0.1) is 6.92 Å². The maximum Gasteiger partial charge on any atom is 0.214 e. The molecule has 0 spiro atoms. The lowest BCUT2D eigenvalue weighted by atomic mass is 10.2. The summed E-state index contributed by atoms with van der Waals surface area (Å²) < 4.78 is 1.74. The zero-order chi connectivity index (χ0) is 13.8. The second-order valence-electron chi connectivity index (χ2n) is 4.32. The molecule has 20 heavy (non-hydrogen) atoms. The van der Waals surface area contributed by atoms with E-state index in [0.717, 1.165) is 22.3 Å². The number of aryl methyl sites for hydroxylation is 1. The average Bonchev–Trinajstić information content (AvgIpc) is 2.95. The van der Waals surface area contributed by atoms with Crippen LogP contribution < -0.4 is 0 Å². The van der Waals surface area contributed by atoms with Crippen LogP contribution in [-0.4, -0.2) is 25.2 Å². The second-order valence-corrected chi connectivity index (χ2v) is 5.26. The van der Waals surface area contributed by atoms with E-state index in [1.807, 2.05) is 42.5 Å². The van der Waals surface area contributed by atoms with Gasteiger partial charge in [-0.25, -0.2) is 0 Å². The second kappa shape index (κ2) is 5.83. The van der Waals surface area contributed by atoms with E-state index in [9.17, 15) is 0 Å². The van der Waals surface area contributed by atoms with Gasteiger partial charge in [0.2, 0.25) is 5.16 Å². The van der Waals surface area contributed by atoms with Gasteiger partial charge in [-0.3, -0.25) is 4.98 Å². The Morgan fingerprint density at radius 3 is 2.70 bits per heavy atom. The molecular formula is C14H13N5S. The first kappa shape index (κ1) is 12.8. The van der Waals surface area contributed by atoms with Crippen molar-refractivity contribution in [1.29, 1.82) is 0 Å². The van der Waals surface area contributed by atoms with Crippen LogP contribution in [0.3, 0.4) is 0 Å². The highest BCUT2D eigenvalue weighted by Gasteiger charge is 2.09. The first-order valence-electron chi connectivity index (χ1n) is 6.21. The molecule has 3 rings (SSSR count). The lowest BCUT2D eigenvalue weighted by Crippen LogP contribution is -1.99. The van der Waals surface area contributed by atoms with Crippen LogP contribution in [0.5, 0.6) is 0 Å². The van der Waals surface area contributed by atoms with Crippen molar-refractivity contribution in [3.05, 3.63) is 59.9 Å². The van der Waals surface area contributed by atoms with Crippen molar-refractivity contribution < 1.29 is 0 Å². The molecule has 0 radical (unpaired) electrons. The number of hydrogen-bond donors (Lipinski definition) is 0. The normalized spacial score (nSPS) is 10.7. The first-order chi connectivity index (χ1) is 9.83. The third-order valence-electron chi connectivity index (χ3n) is 2.79. The van der Waals surface area contributed by atoms with Crippen LogP contribution in [-0.2, 0) is 5.75 Å². The summed E-state index contributed by atoms with van der Waals surface area (Å²) in [5, 5.41) is 12.6. The smallest absolute Gasteiger partial charge is 0.214 e. The number of rotatable bonds is 4. The molecule has 0 fully saturated rings. The summed E-state index contributed by atoms with van der Waals surface area (Å²) in [4.78, 5) is 4.29. The Morgan fingerprint density at radius 2 is 1.95 bits per heavy atom. The standard InChI is InChI=1S/C14H13N5S/c1-11-5-7-13(8-6-11)19-14(16-17-18-19)20-10-12-4-2-3-9-15-12/h2-9H,10H2,1H3. The van der Waals surface area contributed by atoms with Crippen LogP contribution >= 0.6 is 11.8 Å². The lowest BCUT2D eigenvalue weighted by molar-refractivity contribution is 0.756. The number of nitrogens with zero attached hydrogens (tertiary/aromatic N) is 5. The van der Waals surface area contributed by atoms with E-state index in [0.29, 0.717) is 0 Å². The molecule has 0 bridgehead atoms. The molecule has 0 aliphatic heterocycles. The fraction of sp³-hybridized carbons (Fsp3) is 0.143. The molecule has 0 saturated carbocycles. The number of aromatic nitrogens is 5. The highest BCUT2D eigenvalue weighted by atomic mass is 32.2. The molecule has 3 aromatic rings. The van der Waals surface area contributed by atoms with Crippen LogP contribution in [0.4, 0.5) is 0 Å². The maximum absolute atomic E-state index is 4.29. The van der Waals surface area contributed by atoms with Crippen molar-refractivity contribution in [1.82, 2.24) is 25.2 Å². The van der Waals surface area contributed by atoms with Gasteiger partial charge in [0.15, 0.2) is 0 Å². The van der Waals surface area contributed by atoms with Crippen molar-refractivity contribution >= 4 is 11.8 Å². The van der Waals surface area contributed by atoms with E-state index in [-0.39, 0.29) is 0 Å². The Bertz CT molecular complexity index is 678. The largest absolute Gasteiger partial charge is 0.260 e. The number of tetrazole rings is 1. The van der Waals surface area contributed by atoms with Gasteiger partial charge in [-0.1, -0.05) is 35.5 Å². The Morgan fingerprint density at radius 1 is 1.10 bits per heavy atom. The molecule has 0 amide bonds. The van der Waals surface area contributed by atoms with Gasteiger partial charge in [0.1, 0.15) is 0 Å². The molecule has 100 valence electrons. The van der Waals surface area contributed by atoms with Gasteiger partial charge in [-0.15, -0.1) is 5.10 Å². The van der Waals surface area contributed by atoms with Crippen molar-refractivity contribution in [2.45, 2.75) is 17.8 Å². The van der Waals surface area contributed by atoms with Gasteiger partial charge in [-0.2, -0.15) is 4.68 Å². The van der Waals surface area contributed by atoms with Crippen LogP contribution in [0.25, 0.3) is 5.69 Å². The summed E-state index contributed by atoms with van der Waals surface area (Å²) in [5.74, 6) is 0.743. The summed E-state index contributed by atoms with van der Waals surface area (Å²) in [6.45, 7) is 2.06. The van der Waals surface area contributed by atoms with Crippen molar-refractivity contribution in [3.8, 4) is 5.69 Å². The van der Waals surface area contributed by atoms with Crippen LogP contribution in [0.15, 0.2) is 53.8 Å². The summed E-state index contributed by atoms with van der Waals surface area (Å²) >= 11 is 1.57. The predicted molar refractivity (Wildman–Crippen MR) is 77.7 cm³/mol. The fourth-order valence-electron chi connectivity index (χ4n) is 1.74. The molecular weight excluding hydrogens is 270 g/mol. The Balaban J connectivity index is 1.78. The molecule has 0 aliphatic carbocycles. The number of hydrogen-bond acceptors (Lipinski definition) is 5. The van der Waals surface area contributed by atoms with Gasteiger partial charge in [0.05, 0.1) is 11.4 Å². The Kier molecular flexibility index (Phi) is 3.73. The van der Waals surface area contributed by atoms with E-state index >= 15 is 0 Å². The number of pyridine rings is 1. The van der Waals surface area contributed by atoms with Crippen LogP contribution in [0.2, 0.25) is 0 Å². The minimum Gasteiger partial charge on any atom is -0.260 e. The van der Waals surface area contributed by atoms with Gasteiger partial charge in [-0.05, 0) is 41.6 Å². The van der Waals surface area contributed by atoms with E-state index in [2.05, 4.69) is 27.4 Å². The summed E-state index contributed by atoms with van der Waals surface area (Å²) in [7, 11) is 0. The van der Waals surface area contributed by atoms with Crippen LogP contribution in [0.1, 0.15) is 11.3 Å². The predicted octanol–water partition coefficient (Wildman–Crippen LogP) is 2.66. The van der Waals surface area contributed by atoms with E-state index in [1.54, 1.807) is 22.6 Å². The summed E-state index contributed by atoms with van der Waals surface area (Å²) in [6, 6.07) is 14.0.